The summed E-state index contributed by atoms with van der Waals surface area (Å²) in [5.74, 6) is -7.75. The summed E-state index contributed by atoms with van der Waals surface area (Å²) in [6, 6.07) is -1.98. The number of carbonyl (C=O) groups excluding carboxylic acids is 1. The second-order valence-corrected chi connectivity index (χ2v) is 18.1. The quantitative estimate of drug-likeness (QED) is 0.0448. The number of carboxylic acid groups (broad SMARTS) is 2. The van der Waals surface area contributed by atoms with Crippen molar-refractivity contribution in [1.29, 1.82) is 0 Å². The zero-order valence-corrected chi connectivity index (χ0v) is 38.8. The van der Waals surface area contributed by atoms with Gasteiger partial charge in [-0.3, -0.25) is 9.35 Å². The van der Waals surface area contributed by atoms with E-state index in [0.29, 0.717) is 0 Å². The topological polar surface area (TPSA) is 583 Å². The molecule has 0 bridgehead atoms. The summed E-state index contributed by atoms with van der Waals surface area (Å²) in [4.78, 5) is 37.0. The number of ether oxygens (including phenoxy) is 10. The maximum atomic E-state index is 12.8. The molecule has 5 heterocycles. The molecule has 0 aliphatic carbocycles. The highest BCUT2D eigenvalue weighted by Crippen LogP contribution is 2.37. The minimum atomic E-state index is -5.67. The maximum absolute atomic E-state index is 12.8. The third kappa shape index (κ3) is 13.7. The Morgan fingerprint density at radius 1 is 0.608 bits per heavy atom. The fourth-order valence-electron chi connectivity index (χ4n) is 8.26. The van der Waals surface area contributed by atoms with Crippen molar-refractivity contribution in [2.75, 3.05) is 33.0 Å². The molecule has 0 radical (unpaired) electrons. The Morgan fingerprint density at radius 3 is 1.65 bits per heavy atom. The van der Waals surface area contributed by atoms with Crippen molar-refractivity contribution >= 4 is 28.2 Å². The minimum Gasteiger partial charge on any atom is -0.506 e. The van der Waals surface area contributed by atoms with Gasteiger partial charge in [0.15, 0.2) is 37.0 Å². The molecular weight excluding hydrogens is 1050 g/mol. The number of carbonyl (C=O) groups is 3. The first-order valence-corrected chi connectivity index (χ1v) is 23.2. The third-order valence-corrected chi connectivity index (χ3v) is 12.5. The van der Waals surface area contributed by atoms with Gasteiger partial charge in [-0.2, -0.15) is 8.42 Å². The highest BCUT2D eigenvalue weighted by Gasteiger charge is 2.59. The minimum absolute atomic E-state index is 0.877. The van der Waals surface area contributed by atoms with Crippen molar-refractivity contribution in [3.8, 4) is 0 Å². The van der Waals surface area contributed by atoms with E-state index in [-0.39, 0.29) is 0 Å². The molecule has 0 aromatic carbocycles. The van der Waals surface area contributed by atoms with Gasteiger partial charge in [0, 0.05) is 6.92 Å². The van der Waals surface area contributed by atoms with Crippen molar-refractivity contribution in [1.82, 2.24) is 5.32 Å². The molecule has 37 heteroatoms. The first-order chi connectivity index (χ1) is 34.6. The van der Waals surface area contributed by atoms with Crippen molar-refractivity contribution in [3.05, 3.63) is 11.5 Å². The molecule has 20 N–H and O–H groups in total. The molecule has 36 nitrogen and oxygen atoms in total. The molecule has 0 spiro atoms. The zero-order chi connectivity index (χ0) is 55.4. The summed E-state index contributed by atoms with van der Waals surface area (Å²) in [6.07, 6.45) is -56.6. The summed E-state index contributed by atoms with van der Waals surface area (Å²) in [5.41, 5.74) is 0. The molecule has 74 heavy (non-hydrogen) atoms. The fourth-order valence-corrected chi connectivity index (χ4v) is 8.78. The van der Waals surface area contributed by atoms with Crippen LogP contribution in [0.25, 0.3) is 0 Å². The second-order valence-electron chi connectivity index (χ2n) is 17.0. The molecule has 4 fully saturated rings. The average Bonchev–Trinajstić information content (AvgIpc) is 3.34. The van der Waals surface area contributed by atoms with E-state index in [0.717, 1.165) is 6.92 Å². The second kappa shape index (κ2) is 25.9. The first-order valence-electron chi connectivity index (χ1n) is 21.9. The predicted octanol–water partition coefficient (Wildman–Crippen LogP) is -12.6. The van der Waals surface area contributed by atoms with E-state index < -0.39 is 232 Å². The van der Waals surface area contributed by atoms with E-state index in [9.17, 15) is 119 Å². The molecule has 0 saturated carbocycles. The summed E-state index contributed by atoms with van der Waals surface area (Å²) < 4.78 is 92.9. The molecule has 5 aliphatic heterocycles. The summed E-state index contributed by atoms with van der Waals surface area (Å²) in [7, 11) is -5.67. The highest BCUT2D eigenvalue weighted by molar-refractivity contribution is 7.80. The lowest BCUT2D eigenvalue weighted by atomic mass is 9.94. The van der Waals surface area contributed by atoms with Crippen molar-refractivity contribution < 1.29 is 171 Å². The van der Waals surface area contributed by atoms with E-state index in [1.165, 1.54) is 0 Å². The first kappa shape index (κ1) is 61.5. The number of amides is 1. The lowest BCUT2D eigenvalue weighted by Crippen LogP contribution is -2.70. The number of aliphatic hydroxyl groups is 16. The van der Waals surface area contributed by atoms with Crippen LogP contribution in [0, 0.1) is 0 Å². The number of hydrogen-bond acceptors (Lipinski definition) is 32. The van der Waals surface area contributed by atoms with Crippen molar-refractivity contribution in [3.63, 3.8) is 0 Å². The zero-order valence-electron chi connectivity index (χ0n) is 38.0. The smallest absolute Gasteiger partial charge is 0.397 e. The summed E-state index contributed by atoms with van der Waals surface area (Å²) in [6.45, 7) is -4.85. The van der Waals surface area contributed by atoms with Crippen LogP contribution in [0.4, 0.5) is 0 Å². The van der Waals surface area contributed by atoms with Crippen LogP contribution < -0.4 is 5.32 Å². The van der Waals surface area contributed by atoms with Gasteiger partial charge in [-0.25, -0.2) is 13.8 Å². The highest BCUT2D eigenvalue weighted by atomic mass is 32.3. The normalized spacial score (nSPS) is 42.4. The van der Waals surface area contributed by atoms with Gasteiger partial charge in [0.25, 0.3) is 0 Å². The van der Waals surface area contributed by atoms with Gasteiger partial charge in [-0.05, 0) is 0 Å². The van der Waals surface area contributed by atoms with Crippen LogP contribution >= 0.6 is 0 Å². The number of aliphatic hydroxyl groups excluding tert-OH is 16. The number of rotatable bonds is 22. The number of hydrogen-bond donors (Lipinski definition) is 20. The standard InChI is InChI=1S/C37H59NO35S/c1-7(44)38-13-25(67-34-20(52)17(49)18(50)29(71-34)31(56)57)15(47)10(4-41)63-33(13)69-27-19(51)21(53)35(72-30(27)32(58)59)70-28-23(55)37(66-12(6-43)24(28)73-74(60,61)62)68-26-16(48)11(5-42)65-36(22(26)54)64-9(3-40)14(46)8(45)2-39/h8-17,19-28,30,33-37,39-43,45-55H,2-6H2,1H3,(H,38,44)(H,56,57)(H,58,59)(H,60,61,62)/t8-,9+,10+,11+,12+,13+,14+,15-,16-,17-,19+,20+,21-,22+,23+,24-,25+,26-,27-,28+,30-,33-,34+,35+,36+,37-/m0/s1. The van der Waals surface area contributed by atoms with Gasteiger partial charge in [0.2, 0.25) is 18.0 Å². The Kier molecular flexibility index (Phi) is 21.5. The Bertz CT molecular complexity index is 2020. The van der Waals surface area contributed by atoms with Crippen molar-refractivity contribution in [2.45, 2.75) is 166 Å². The molecular formula is C37H59NO35S. The van der Waals surface area contributed by atoms with Gasteiger partial charge in [0.05, 0.1) is 33.0 Å². The molecule has 5 rings (SSSR count). The van der Waals surface area contributed by atoms with Crippen LogP contribution in [0.15, 0.2) is 11.5 Å². The number of carboxylic acids is 2. The van der Waals surface area contributed by atoms with Crippen LogP contribution in [-0.2, 0) is 76.3 Å². The van der Waals surface area contributed by atoms with Gasteiger partial charge in [-0.15, -0.1) is 0 Å². The monoisotopic (exact) mass is 1110 g/mol. The molecule has 5 aliphatic rings. The van der Waals surface area contributed by atoms with Gasteiger partial charge >= 0.3 is 22.3 Å². The van der Waals surface area contributed by atoms with Gasteiger partial charge in [0.1, 0.15) is 122 Å². The molecule has 26 atom stereocenters. The lowest BCUT2D eigenvalue weighted by Gasteiger charge is -2.50. The molecule has 4 saturated heterocycles. The van der Waals surface area contributed by atoms with Crippen molar-refractivity contribution in [2.24, 2.45) is 0 Å². The van der Waals surface area contributed by atoms with E-state index >= 15 is 0 Å². The Balaban J connectivity index is 1.43. The largest absolute Gasteiger partial charge is 0.506 e. The van der Waals surface area contributed by atoms with E-state index in [4.69, 9.17) is 47.4 Å². The molecule has 0 unspecified atom stereocenters. The lowest BCUT2D eigenvalue weighted by molar-refractivity contribution is -0.386. The molecule has 0 aromatic heterocycles. The molecule has 1 amide bonds. The van der Waals surface area contributed by atoms with Gasteiger partial charge in [-0.1, -0.05) is 0 Å². The van der Waals surface area contributed by atoms with E-state index in [2.05, 4.69) is 9.50 Å². The Morgan fingerprint density at radius 2 is 1.12 bits per heavy atom. The van der Waals surface area contributed by atoms with Crippen LogP contribution in [0.5, 0.6) is 0 Å². The van der Waals surface area contributed by atoms with Crippen LogP contribution in [0.1, 0.15) is 6.92 Å². The van der Waals surface area contributed by atoms with E-state index in [1.807, 2.05) is 0 Å². The Hall–Kier alpha value is -3.34. The predicted molar refractivity (Wildman–Crippen MR) is 218 cm³/mol. The summed E-state index contributed by atoms with van der Waals surface area (Å²) in [5, 5.41) is 190. The fraction of sp³-hybridized carbons (Fsp3) is 0.865. The summed E-state index contributed by atoms with van der Waals surface area (Å²) >= 11 is 0. The SMILES string of the molecule is CC(=O)N[C@H]1[C@H](O[C@H]2[C@H](O)[C@H](O)[C@H](O[C@@H]3[C@@H](O)[C@H](O[C@H]4[C@@H](O)[C@@H](CO)O[C@@H](O[C@H](CO)[C@H](O)[C@@H](O)CO)[C@@H]4O)O[C@H](CO)[C@@H]3OS(=O)(=O)O)O[C@@H]2C(=O)O)O[C@H](CO)[C@H](O)[C@@H]1O[C@@H]1OC(C(=O)O)=C(O)[C@H](O)[C@H]1O. The molecule has 0 aromatic rings. The van der Waals surface area contributed by atoms with Crippen LogP contribution in [0.2, 0.25) is 0 Å². The number of nitrogens with one attached hydrogen (secondary N) is 1. The van der Waals surface area contributed by atoms with Gasteiger partial charge < -0.3 is 145 Å². The number of aliphatic carboxylic acids is 2. The Labute approximate surface area is 415 Å². The van der Waals surface area contributed by atoms with E-state index in [1.54, 1.807) is 0 Å². The van der Waals surface area contributed by atoms with Crippen LogP contribution in [-0.4, -0.2) is 315 Å². The average molecular weight is 1110 g/mol. The molecule has 428 valence electrons. The third-order valence-electron chi connectivity index (χ3n) is 12.0. The van der Waals surface area contributed by atoms with Crippen LogP contribution in [0.3, 0.4) is 0 Å². The maximum Gasteiger partial charge on any atom is 0.397 e.